The maximum Gasteiger partial charge on any atom is 0.136 e. The molecule has 3 aromatic rings. The summed E-state index contributed by atoms with van der Waals surface area (Å²) in [5, 5.41) is 10.2. The van der Waals surface area contributed by atoms with Crippen LogP contribution in [0, 0.1) is 4.51 Å². The Kier molecular flexibility index (Phi) is 2.61. The van der Waals surface area contributed by atoms with Crippen molar-refractivity contribution in [1.29, 1.82) is 0 Å². The van der Waals surface area contributed by atoms with Crippen molar-refractivity contribution in [2.45, 2.75) is 0 Å². The monoisotopic (exact) mass is 254 g/mol. The molecule has 0 unspecified atom stereocenters. The van der Waals surface area contributed by atoms with Gasteiger partial charge in [0.2, 0.25) is 0 Å². The van der Waals surface area contributed by atoms with Crippen molar-refractivity contribution in [2.24, 2.45) is 0 Å². The topological polar surface area (TPSA) is 33.4 Å². The minimum atomic E-state index is 0.191. The highest BCUT2D eigenvalue weighted by Crippen LogP contribution is 2.27. The molecular formula is C15H10O2S. The fraction of sp³-hybridized carbons (Fsp3) is 0. The van der Waals surface area contributed by atoms with E-state index in [-0.39, 0.29) is 5.75 Å². The Balaban J connectivity index is 2.29. The van der Waals surface area contributed by atoms with E-state index in [1.807, 2.05) is 36.4 Å². The van der Waals surface area contributed by atoms with E-state index < -0.39 is 0 Å². The third-order valence-corrected chi connectivity index (χ3v) is 3.11. The molecule has 0 bridgehead atoms. The molecule has 18 heavy (non-hydrogen) atoms. The largest absolute Gasteiger partial charge is 0.508 e. The third kappa shape index (κ3) is 1.89. The van der Waals surface area contributed by atoms with Gasteiger partial charge in [-0.3, -0.25) is 0 Å². The lowest BCUT2D eigenvalue weighted by molar-refractivity contribution is 0.475. The van der Waals surface area contributed by atoms with Gasteiger partial charge in [0.25, 0.3) is 0 Å². The SMILES string of the molecule is Oc1ccc2oc(-c3ccccc3)cc(=S)c2c1. The normalized spacial score (nSPS) is 10.7. The van der Waals surface area contributed by atoms with Gasteiger partial charge in [0.05, 0.1) is 4.51 Å². The Morgan fingerprint density at radius 2 is 1.72 bits per heavy atom. The molecule has 0 saturated heterocycles. The van der Waals surface area contributed by atoms with Gasteiger partial charge in [-0.25, -0.2) is 0 Å². The molecule has 0 spiro atoms. The molecule has 0 aliphatic carbocycles. The van der Waals surface area contributed by atoms with Gasteiger partial charge in [-0.1, -0.05) is 42.5 Å². The van der Waals surface area contributed by atoms with Gasteiger partial charge in [-0.05, 0) is 18.2 Å². The molecule has 2 nitrogen and oxygen atoms in total. The number of aromatic hydroxyl groups is 1. The van der Waals surface area contributed by atoms with Crippen LogP contribution >= 0.6 is 12.2 Å². The minimum Gasteiger partial charge on any atom is -0.508 e. The van der Waals surface area contributed by atoms with Crippen molar-refractivity contribution in [3.05, 3.63) is 59.1 Å². The minimum absolute atomic E-state index is 0.191. The van der Waals surface area contributed by atoms with Gasteiger partial charge in [-0.15, -0.1) is 0 Å². The molecule has 0 saturated carbocycles. The van der Waals surface area contributed by atoms with Crippen molar-refractivity contribution in [1.82, 2.24) is 0 Å². The Morgan fingerprint density at radius 3 is 2.50 bits per heavy atom. The van der Waals surface area contributed by atoms with E-state index in [9.17, 15) is 5.11 Å². The summed E-state index contributed by atoms with van der Waals surface area (Å²) >= 11 is 5.33. The fourth-order valence-corrected chi connectivity index (χ4v) is 2.16. The number of phenols is 1. The molecule has 0 aliphatic heterocycles. The second-order valence-electron chi connectivity index (χ2n) is 4.02. The van der Waals surface area contributed by atoms with Gasteiger partial charge in [0.15, 0.2) is 0 Å². The molecule has 3 rings (SSSR count). The summed E-state index contributed by atoms with van der Waals surface area (Å²) in [5.74, 6) is 0.926. The van der Waals surface area contributed by atoms with E-state index in [1.165, 1.54) is 0 Å². The summed E-state index contributed by atoms with van der Waals surface area (Å²) in [6.45, 7) is 0. The van der Waals surface area contributed by atoms with Crippen LogP contribution in [0.25, 0.3) is 22.3 Å². The van der Waals surface area contributed by atoms with Crippen molar-refractivity contribution in [3.63, 3.8) is 0 Å². The molecule has 1 aromatic heterocycles. The zero-order chi connectivity index (χ0) is 12.5. The van der Waals surface area contributed by atoms with Crippen LogP contribution < -0.4 is 0 Å². The first kappa shape index (κ1) is 11.0. The summed E-state index contributed by atoms with van der Waals surface area (Å²) in [6, 6.07) is 16.6. The maximum atomic E-state index is 9.45. The standard InChI is InChI=1S/C15H10O2S/c16-11-6-7-13-12(8-11)15(18)9-14(17-13)10-4-2-1-3-5-10/h1-9,16H. The summed E-state index contributed by atoms with van der Waals surface area (Å²) < 4.78 is 6.48. The van der Waals surface area contributed by atoms with Crippen LogP contribution in [0.4, 0.5) is 0 Å². The number of hydrogen-bond acceptors (Lipinski definition) is 3. The van der Waals surface area contributed by atoms with Gasteiger partial charge < -0.3 is 9.52 Å². The van der Waals surface area contributed by atoms with Crippen LogP contribution in [0.1, 0.15) is 0 Å². The first-order chi connectivity index (χ1) is 8.74. The lowest BCUT2D eigenvalue weighted by Gasteiger charge is -2.04. The average Bonchev–Trinajstić information content (AvgIpc) is 2.40. The zero-order valence-electron chi connectivity index (χ0n) is 9.46. The summed E-state index contributed by atoms with van der Waals surface area (Å²) in [5.41, 5.74) is 1.66. The Hall–Kier alpha value is -2.13. The van der Waals surface area contributed by atoms with Crippen LogP contribution in [-0.2, 0) is 0 Å². The molecular weight excluding hydrogens is 244 g/mol. The number of rotatable bonds is 1. The highest BCUT2D eigenvalue weighted by Gasteiger charge is 2.05. The van der Waals surface area contributed by atoms with E-state index in [0.717, 1.165) is 16.7 Å². The zero-order valence-corrected chi connectivity index (χ0v) is 10.3. The van der Waals surface area contributed by atoms with Gasteiger partial charge in [-0.2, -0.15) is 0 Å². The van der Waals surface area contributed by atoms with Gasteiger partial charge in [0, 0.05) is 17.0 Å². The van der Waals surface area contributed by atoms with Crippen LogP contribution in [-0.4, -0.2) is 5.11 Å². The lowest BCUT2D eigenvalue weighted by atomic mass is 10.1. The van der Waals surface area contributed by atoms with Gasteiger partial charge in [0.1, 0.15) is 17.1 Å². The van der Waals surface area contributed by atoms with Gasteiger partial charge >= 0.3 is 0 Å². The molecule has 0 amide bonds. The molecule has 3 heteroatoms. The van der Waals surface area contributed by atoms with Crippen molar-refractivity contribution >= 4 is 23.2 Å². The van der Waals surface area contributed by atoms with Crippen LogP contribution in [0.5, 0.6) is 5.75 Å². The van der Waals surface area contributed by atoms with E-state index in [1.54, 1.807) is 18.2 Å². The first-order valence-electron chi connectivity index (χ1n) is 5.56. The third-order valence-electron chi connectivity index (χ3n) is 2.77. The first-order valence-corrected chi connectivity index (χ1v) is 5.97. The van der Waals surface area contributed by atoms with Crippen molar-refractivity contribution in [2.75, 3.05) is 0 Å². The molecule has 0 aliphatic rings. The summed E-state index contributed by atoms with van der Waals surface area (Å²) in [7, 11) is 0. The lowest BCUT2D eigenvalue weighted by Crippen LogP contribution is -1.80. The summed E-state index contributed by atoms with van der Waals surface area (Å²) in [4.78, 5) is 0. The molecule has 88 valence electrons. The van der Waals surface area contributed by atoms with E-state index in [2.05, 4.69) is 0 Å². The van der Waals surface area contributed by atoms with Crippen molar-refractivity contribution in [3.8, 4) is 17.1 Å². The Morgan fingerprint density at radius 1 is 0.944 bits per heavy atom. The van der Waals surface area contributed by atoms with Crippen LogP contribution in [0.15, 0.2) is 59.0 Å². The highest BCUT2D eigenvalue weighted by molar-refractivity contribution is 7.71. The molecule has 1 N–H and O–H groups in total. The molecule has 2 aromatic carbocycles. The number of phenolic OH excluding ortho intramolecular Hbond substituents is 1. The highest BCUT2D eigenvalue weighted by atomic mass is 32.1. The molecule has 0 fully saturated rings. The van der Waals surface area contributed by atoms with E-state index in [0.29, 0.717) is 10.1 Å². The predicted molar refractivity (Wildman–Crippen MR) is 74.1 cm³/mol. The number of fused-ring (bicyclic) bond motifs is 1. The molecule has 0 atom stereocenters. The number of benzene rings is 2. The maximum absolute atomic E-state index is 9.45. The van der Waals surface area contributed by atoms with E-state index in [4.69, 9.17) is 16.6 Å². The Labute approximate surface area is 109 Å². The quantitative estimate of drug-likeness (QED) is 0.647. The van der Waals surface area contributed by atoms with Crippen LogP contribution in [0.2, 0.25) is 0 Å². The fourth-order valence-electron chi connectivity index (χ4n) is 1.89. The second kappa shape index (κ2) is 4.27. The summed E-state index contributed by atoms with van der Waals surface area (Å²) in [6.07, 6.45) is 0. The molecule has 0 radical (unpaired) electrons. The molecule has 1 heterocycles. The number of hydrogen-bond donors (Lipinski definition) is 1. The predicted octanol–water partition coefficient (Wildman–Crippen LogP) is 4.53. The van der Waals surface area contributed by atoms with E-state index >= 15 is 0 Å². The average molecular weight is 254 g/mol. The Bertz CT molecular complexity index is 760. The second-order valence-corrected chi connectivity index (χ2v) is 4.46. The smallest absolute Gasteiger partial charge is 0.136 e. The van der Waals surface area contributed by atoms with Crippen LogP contribution in [0.3, 0.4) is 0 Å². The van der Waals surface area contributed by atoms with Crippen molar-refractivity contribution < 1.29 is 9.52 Å².